The highest BCUT2D eigenvalue weighted by Crippen LogP contribution is 2.21. The van der Waals surface area contributed by atoms with Gasteiger partial charge in [0.25, 0.3) is 0 Å². The van der Waals surface area contributed by atoms with Crippen molar-refractivity contribution in [2.45, 2.75) is 0 Å². The van der Waals surface area contributed by atoms with Crippen LogP contribution < -0.4 is 15.1 Å². The molecule has 0 unspecified atom stereocenters. The van der Waals surface area contributed by atoms with Crippen molar-refractivity contribution in [2.24, 2.45) is 0 Å². The average molecular weight is 287 g/mol. The maximum Gasteiger partial charge on any atom is 0.224 e. The SMILES string of the molecule is CNc1ncc(F)c(N2CCN(c3ccccc3)CC2)n1. The van der Waals surface area contributed by atoms with Crippen LogP contribution in [0.2, 0.25) is 0 Å². The first-order chi connectivity index (χ1) is 10.3. The van der Waals surface area contributed by atoms with Gasteiger partial charge in [0, 0.05) is 38.9 Å². The lowest BCUT2D eigenvalue weighted by Crippen LogP contribution is -2.47. The van der Waals surface area contributed by atoms with E-state index >= 15 is 0 Å². The molecule has 0 spiro atoms. The van der Waals surface area contributed by atoms with E-state index in [1.54, 1.807) is 7.05 Å². The number of benzene rings is 1. The third-order valence-corrected chi connectivity index (χ3v) is 3.65. The molecule has 0 atom stereocenters. The van der Waals surface area contributed by atoms with E-state index in [2.05, 4.69) is 32.3 Å². The Morgan fingerprint density at radius 3 is 2.38 bits per heavy atom. The monoisotopic (exact) mass is 287 g/mol. The van der Waals surface area contributed by atoms with Crippen LogP contribution in [0.25, 0.3) is 0 Å². The zero-order chi connectivity index (χ0) is 14.7. The van der Waals surface area contributed by atoms with Gasteiger partial charge < -0.3 is 15.1 Å². The lowest BCUT2D eigenvalue weighted by Gasteiger charge is -2.36. The van der Waals surface area contributed by atoms with Gasteiger partial charge in [-0.15, -0.1) is 0 Å². The molecule has 5 nitrogen and oxygen atoms in total. The topological polar surface area (TPSA) is 44.3 Å². The summed E-state index contributed by atoms with van der Waals surface area (Å²) in [5, 5.41) is 2.84. The van der Waals surface area contributed by atoms with Gasteiger partial charge in [0.05, 0.1) is 6.20 Å². The van der Waals surface area contributed by atoms with Crippen molar-refractivity contribution in [2.75, 3.05) is 48.3 Å². The fourth-order valence-corrected chi connectivity index (χ4v) is 2.52. The molecule has 0 saturated carbocycles. The summed E-state index contributed by atoms with van der Waals surface area (Å²) in [4.78, 5) is 12.4. The number of rotatable bonds is 3. The highest BCUT2D eigenvalue weighted by Gasteiger charge is 2.21. The molecule has 21 heavy (non-hydrogen) atoms. The summed E-state index contributed by atoms with van der Waals surface area (Å²) in [6.45, 7) is 3.18. The van der Waals surface area contributed by atoms with Gasteiger partial charge in [0.15, 0.2) is 11.6 Å². The van der Waals surface area contributed by atoms with Gasteiger partial charge in [-0.05, 0) is 12.1 Å². The van der Waals surface area contributed by atoms with Crippen LogP contribution in [0, 0.1) is 5.82 Å². The van der Waals surface area contributed by atoms with Crippen LogP contribution in [0.4, 0.5) is 21.8 Å². The van der Waals surface area contributed by atoms with E-state index in [1.165, 1.54) is 11.9 Å². The molecule has 6 heteroatoms. The van der Waals surface area contributed by atoms with Crippen molar-refractivity contribution in [3.8, 4) is 0 Å². The number of aromatic nitrogens is 2. The molecule has 1 N–H and O–H groups in total. The number of nitrogens with zero attached hydrogens (tertiary/aromatic N) is 4. The molecule has 3 rings (SSSR count). The van der Waals surface area contributed by atoms with E-state index in [-0.39, 0.29) is 5.82 Å². The summed E-state index contributed by atoms with van der Waals surface area (Å²) in [7, 11) is 1.73. The standard InChI is InChI=1S/C15H18FN5/c1-17-15-18-11-13(16)14(19-15)21-9-7-20(8-10-21)12-5-3-2-4-6-12/h2-6,11H,7-10H2,1H3,(H,17,18,19). The number of hydrogen-bond donors (Lipinski definition) is 1. The maximum absolute atomic E-state index is 13.9. The molecule has 1 aliphatic heterocycles. The number of hydrogen-bond acceptors (Lipinski definition) is 5. The molecular weight excluding hydrogens is 269 g/mol. The van der Waals surface area contributed by atoms with Crippen LogP contribution >= 0.6 is 0 Å². The second kappa shape index (κ2) is 5.95. The highest BCUT2D eigenvalue weighted by molar-refractivity contribution is 5.50. The highest BCUT2D eigenvalue weighted by atomic mass is 19.1. The van der Waals surface area contributed by atoms with Crippen molar-refractivity contribution in [3.63, 3.8) is 0 Å². The molecule has 0 radical (unpaired) electrons. The first-order valence-electron chi connectivity index (χ1n) is 7.03. The lowest BCUT2D eigenvalue weighted by atomic mass is 10.2. The van der Waals surface area contributed by atoms with Crippen LogP contribution in [0.1, 0.15) is 0 Å². The Kier molecular flexibility index (Phi) is 3.85. The Morgan fingerprint density at radius 1 is 1.05 bits per heavy atom. The first-order valence-corrected chi connectivity index (χ1v) is 7.03. The molecular formula is C15H18FN5. The minimum Gasteiger partial charge on any atom is -0.368 e. The Bertz CT molecular complexity index is 596. The molecule has 1 aromatic heterocycles. The second-order valence-electron chi connectivity index (χ2n) is 4.92. The molecule has 110 valence electrons. The van der Waals surface area contributed by atoms with Crippen molar-refractivity contribution in [3.05, 3.63) is 42.3 Å². The molecule has 1 saturated heterocycles. The van der Waals surface area contributed by atoms with Crippen LogP contribution in [-0.2, 0) is 0 Å². The summed E-state index contributed by atoms with van der Waals surface area (Å²) >= 11 is 0. The summed E-state index contributed by atoms with van der Waals surface area (Å²) in [6, 6.07) is 10.3. The normalized spacial score (nSPS) is 15.1. The number of para-hydroxylation sites is 1. The van der Waals surface area contributed by atoms with E-state index in [0.717, 1.165) is 26.2 Å². The quantitative estimate of drug-likeness (QED) is 0.935. The van der Waals surface area contributed by atoms with Crippen molar-refractivity contribution >= 4 is 17.5 Å². The molecule has 0 amide bonds. The number of piperazine rings is 1. The summed E-state index contributed by atoms with van der Waals surface area (Å²) in [5.74, 6) is 0.445. The third-order valence-electron chi connectivity index (χ3n) is 3.65. The van der Waals surface area contributed by atoms with Gasteiger partial charge in [-0.3, -0.25) is 0 Å². The predicted octanol–water partition coefficient (Wildman–Crippen LogP) is 1.98. The number of anilines is 3. The largest absolute Gasteiger partial charge is 0.368 e. The Balaban J connectivity index is 1.71. The summed E-state index contributed by atoms with van der Waals surface area (Å²) in [5.41, 5.74) is 1.20. The Hall–Kier alpha value is -2.37. The van der Waals surface area contributed by atoms with Crippen LogP contribution in [0.5, 0.6) is 0 Å². The van der Waals surface area contributed by atoms with Crippen molar-refractivity contribution in [1.82, 2.24) is 9.97 Å². The Labute approximate surface area is 123 Å². The average Bonchev–Trinajstić information content (AvgIpc) is 2.56. The molecule has 1 fully saturated rings. The lowest BCUT2D eigenvalue weighted by molar-refractivity contribution is 0.583. The van der Waals surface area contributed by atoms with Crippen molar-refractivity contribution in [1.29, 1.82) is 0 Å². The zero-order valence-corrected chi connectivity index (χ0v) is 12.0. The maximum atomic E-state index is 13.9. The van der Waals surface area contributed by atoms with E-state index in [1.807, 2.05) is 23.1 Å². The van der Waals surface area contributed by atoms with Gasteiger partial charge in [-0.25, -0.2) is 9.37 Å². The van der Waals surface area contributed by atoms with E-state index < -0.39 is 0 Å². The molecule has 2 aromatic rings. The van der Waals surface area contributed by atoms with Gasteiger partial charge in [0.2, 0.25) is 5.95 Å². The van der Waals surface area contributed by atoms with Gasteiger partial charge in [0.1, 0.15) is 0 Å². The zero-order valence-electron chi connectivity index (χ0n) is 12.0. The van der Waals surface area contributed by atoms with Crippen LogP contribution in [-0.4, -0.2) is 43.2 Å². The molecule has 0 aliphatic carbocycles. The van der Waals surface area contributed by atoms with Crippen LogP contribution in [0.15, 0.2) is 36.5 Å². The van der Waals surface area contributed by atoms with Crippen LogP contribution in [0.3, 0.4) is 0 Å². The van der Waals surface area contributed by atoms with E-state index in [4.69, 9.17) is 0 Å². The second-order valence-corrected chi connectivity index (χ2v) is 4.92. The van der Waals surface area contributed by atoms with E-state index in [0.29, 0.717) is 11.8 Å². The summed E-state index contributed by atoms with van der Waals surface area (Å²) in [6.07, 6.45) is 1.22. The molecule has 2 heterocycles. The summed E-state index contributed by atoms with van der Waals surface area (Å²) < 4.78 is 13.9. The fourth-order valence-electron chi connectivity index (χ4n) is 2.52. The van der Waals surface area contributed by atoms with Gasteiger partial charge in [-0.2, -0.15) is 4.98 Å². The fraction of sp³-hybridized carbons (Fsp3) is 0.333. The van der Waals surface area contributed by atoms with E-state index in [9.17, 15) is 4.39 Å². The minimum absolute atomic E-state index is 0.373. The third kappa shape index (κ3) is 2.89. The molecule has 1 aliphatic rings. The molecule has 0 bridgehead atoms. The minimum atomic E-state index is -0.373. The van der Waals surface area contributed by atoms with Gasteiger partial charge >= 0.3 is 0 Å². The Morgan fingerprint density at radius 2 is 1.71 bits per heavy atom. The molecule has 1 aromatic carbocycles. The number of halogens is 1. The first kappa shape index (κ1) is 13.6. The number of nitrogens with one attached hydrogen (secondary N) is 1. The smallest absolute Gasteiger partial charge is 0.224 e. The predicted molar refractivity (Wildman–Crippen MR) is 82.4 cm³/mol. The van der Waals surface area contributed by atoms with Crippen molar-refractivity contribution < 1.29 is 4.39 Å². The van der Waals surface area contributed by atoms with Gasteiger partial charge in [-0.1, -0.05) is 18.2 Å².